The van der Waals surface area contributed by atoms with Crippen LogP contribution in [0.1, 0.15) is 35.6 Å². The molecule has 1 aromatic carbocycles. The van der Waals surface area contributed by atoms with Gasteiger partial charge in [0.1, 0.15) is 11.5 Å². The molecule has 1 heterocycles. The first-order valence-electron chi connectivity index (χ1n) is 6.46. The number of carbonyl (C=O) groups is 1. The van der Waals surface area contributed by atoms with Crippen molar-refractivity contribution in [2.24, 2.45) is 0 Å². The van der Waals surface area contributed by atoms with Gasteiger partial charge in [0.05, 0.1) is 12.5 Å². The van der Waals surface area contributed by atoms with Crippen LogP contribution in [0.4, 0.5) is 0 Å². The number of rotatable bonds is 4. The fourth-order valence-corrected chi connectivity index (χ4v) is 2.03. The van der Waals surface area contributed by atoms with Crippen molar-refractivity contribution < 1.29 is 9.21 Å². The molecule has 0 aliphatic rings. The highest BCUT2D eigenvalue weighted by molar-refractivity contribution is 5.79. The van der Waals surface area contributed by atoms with E-state index in [1.54, 1.807) is 0 Å². The smallest absolute Gasteiger partial charge is 0.225 e. The Morgan fingerprint density at radius 1 is 1.21 bits per heavy atom. The molecule has 1 aromatic heterocycles. The van der Waals surface area contributed by atoms with E-state index in [0.717, 1.165) is 22.6 Å². The van der Waals surface area contributed by atoms with E-state index in [4.69, 9.17) is 4.42 Å². The number of hydrogen-bond acceptors (Lipinski definition) is 2. The fourth-order valence-electron chi connectivity index (χ4n) is 2.03. The molecule has 0 saturated heterocycles. The Morgan fingerprint density at radius 3 is 2.58 bits per heavy atom. The van der Waals surface area contributed by atoms with Gasteiger partial charge in [0, 0.05) is 0 Å². The molecule has 0 saturated carbocycles. The Balaban J connectivity index is 1.96. The molecule has 1 atom stereocenters. The van der Waals surface area contributed by atoms with Crippen LogP contribution < -0.4 is 5.32 Å². The molecular formula is C16H19NO2. The molecule has 3 heteroatoms. The Kier molecular flexibility index (Phi) is 4.05. The lowest BCUT2D eigenvalue weighted by atomic mass is 10.1. The normalized spacial score (nSPS) is 12.2. The van der Waals surface area contributed by atoms with Gasteiger partial charge >= 0.3 is 0 Å². The standard InChI is InChI=1S/C16H19NO2/c1-11-6-4-5-7-14(11)10-16(18)17-13(3)15-9-8-12(2)19-15/h4-9,13H,10H2,1-3H3,(H,17,18)/t13-/m0/s1. The van der Waals surface area contributed by atoms with Crippen LogP contribution in [-0.2, 0) is 11.2 Å². The average molecular weight is 257 g/mol. The van der Waals surface area contributed by atoms with Gasteiger partial charge in [0.25, 0.3) is 0 Å². The Morgan fingerprint density at radius 2 is 1.95 bits per heavy atom. The number of aryl methyl sites for hydroxylation is 2. The molecule has 2 rings (SSSR count). The number of amides is 1. The lowest BCUT2D eigenvalue weighted by Crippen LogP contribution is -2.28. The van der Waals surface area contributed by atoms with Crippen molar-refractivity contribution in [1.29, 1.82) is 0 Å². The lowest BCUT2D eigenvalue weighted by molar-refractivity contribution is -0.121. The SMILES string of the molecule is Cc1ccc([C@H](C)NC(=O)Cc2ccccc2C)o1. The van der Waals surface area contributed by atoms with Gasteiger partial charge in [-0.25, -0.2) is 0 Å². The van der Waals surface area contributed by atoms with E-state index in [1.807, 2.05) is 57.2 Å². The molecule has 100 valence electrons. The molecule has 0 radical (unpaired) electrons. The summed E-state index contributed by atoms with van der Waals surface area (Å²) in [5.41, 5.74) is 2.20. The summed E-state index contributed by atoms with van der Waals surface area (Å²) in [6.45, 7) is 5.83. The first-order chi connectivity index (χ1) is 9.06. The van der Waals surface area contributed by atoms with Crippen molar-refractivity contribution in [3.63, 3.8) is 0 Å². The van der Waals surface area contributed by atoms with Gasteiger partial charge in [0.2, 0.25) is 5.91 Å². The van der Waals surface area contributed by atoms with Gasteiger partial charge in [-0.1, -0.05) is 24.3 Å². The third kappa shape index (κ3) is 3.47. The second-order valence-corrected chi connectivity index (χ2v) is 4.84. The summed E-state index contributed by atoms with van der Waals surface area (Å²) in [6.07, 6.45) is 0.400. The minimum atomic E-state index is -0.106. The lowest BCUT2D eigenvalue weighted by Gasteiger charge is -2.12. The van der Waals surface area contributed by atoms with Gasteiger partial charge in [-0.3, -0.25) is 4.79 Å². The van der Waals surface area contributed by atoms with Crippen LogP contribution in [0.3, 0.4) is 0 Å². The predicted molar refractivity (Wildman–Crippen MR) is 74.9 cm³/mol. The minimum absolute atomic E-state index is 0.0100. The minimum Gasteiger partial charge on any atom is -0.464 e. The van der Waals surface area contributed by atoms with E-state index < -0.39 is 0 Å². The van der Waals surface area contributed by atoms with Gasteiger partial charge < -0.3 is 9.73 Å². The van der Waals surface area contributed by atoms with Gasteiger partial charge in [-0.2, -0.15) is 0 Å². The first kappa shape index (κ1) is 13.4. The highest BCUT2D eigenvalue weighted by Crippen LogP contribution is 2.16. The molecule has 1 N–H and O–H groups in total. The molecular weight excluding hydrogens is 238 g/mol. The van der Waals surface area contributed by atoms with Crippen LogP contribution in [0, 0.1) is 13.8 Å². The number of hydrogen-bond donors (Lipinski definition) is 1. The maximum Gasteiger partial charge on any atom is 0.225 e. The highest BCUT2D eigenvalue weighted by Gasteiger charge is 2.13. The largest absolute Gasteiger partial charge is 0.464 e. The molecule has 0 fully saturated rings. The molecule has 0 aliphatic carbocycles. The molecule has 2 aromatic rings. The van der Waals surface area contributed by atoms with Crippen LogP contribution in [0.25, 0.3) is 0 Å². The van der Waals surface area contributed by atoms with Crippen molar-refractivity contribution in [3.8, 4) is 0 Å². The second-order valence-electron chi connectivity index (χ2n) is 4.84. The molecule has 0 unspecified atom stereocenters. The van der Waals surface area contributed by atoms with E-state index in [2.05, 4.69) is 5.32 Å². The highest BCUT2D eigenvalue weighted by atomic mass is 16.3. The first-order valence-corrected chi connectivity index (χ1v) is 6.46. The molecule has 1 amide bonds. The summed E-state index contributed by atoms with van der Waals surface area (Å²) in [6, 6.07) is 11.6. The van der Waals surface area contributed by atoms with E-state index in [1.165, 1.54) is 0 Å². The Bertz CT molecular complexity index is 572. The second kappa shape index (κ2) is 5.74. The zero-order chi connectivity index (χ0) is 13.8. The number of carbonyl (C=O) groups excluding carboxylic acids is 1. The van der Waals surface area contributed by atoms with Crippen LogP contribution >= 0.6 is 0 Å². The van der Waals surface area contributed by atoms with Crippen LogP contribution in [0.2, 0.25) is 0 Å². The van der Waals surface area contributed by atoms with E-state index in [-0.39, 0.29) is 11.9 Å². The molecule has 0 aliphatic heterocycles. The zero-order valence-electron chi connectivity index (χ0n) is 11.6. The topological polar surface area (TPSA) is 42.2 Å². The summed E-state index contributed by atoms with van der Waals surface area (Å²) in [5.74, 6) is 1.65. The van der Waals surface area contributed by atoms with Gasteiger partial charge in [0.15, 0.2) is 0 Å². The summed E-state index contributed by atoms with van der Waals surface area (Å²) < 4.78 is 5.51. The Labute approximate surface area is 113 Å². The van der Waals surface area contributed by atoms with Crippen LogP contribution in [0.5, 0.6) is 0 Å². The number of nitrogens with one attached hydrogen (secondary N) is 1. The summed E-state index contributed by atoms with van der Waals surface area (Å²) in [5, 5.41) is 2.95. The number of furan rings is 1. The third-order valence-electron chi connectivity index (χ3n) is 3.18. The maximum absolute atomic E-state index is 12.0. The summed E-state index contributed by atoms with van der Waals surface area (Å²) in [7, 11) is 0. The predicted octanol–water partition coefficient (Wildman–Crippen LogP) is 3.32. The van der Waals surface area contributed by atoms with Crippen LogP contribution in [-0.4, -0.2) is 5.91 Å². The van der Waals surface area contributed by atoms with Crippen molar-refractivity contribution >= 4 is 5.91 Å². The molecule has 19 heavy (non-hydrogen) atoms. The molecule has 0 bridgehead atoms. The van der Waals surface area contributed by atoms with E-state index in [0.29, 0.717) is 6.42 Å². The fraction of sp³-hybridized carbons (Fsp3) is 0.312. The Hall–Kier alpha value is -2.03. The third-order valence-corrected chi connectivity index (χ3v) is 3.18. The van der Waals surface area contributed by atoms with Crippen molar-refractivity contribution in [1.82, 2.24) is 5.32 Å². The van der Waals surface area contributed by atoms with Crippen LogP contribution in [0.15, 0.2) is 40.8 Å². The van der Waals surface area contributed by atoms with Gasteiger partial charge in [-0.15, -0.1) is 0 Å². The van der Waals surface area contributed by atoms with Crippen molar-refractivity contribution in [2.75, 3.05) is 0 Å². The summed E-state index contributed by atoms with van der Waals surface area (Å²) >= 11 is 0. The maximum atomic E-state index is 12.0. The number of benzene rings is 1. The quantitative estimate of drug-likeness (QED) is 0.913. The zero-order valence-corrected chi connectivity index (χ0v) is 11.6. The van der Waals surface area contributed by atoms with E-state index >= 15 is 0 Å². The molecule has 0 spiro atoms. The van der Waals surface area contributed by atoms with Gasteiger partial charge in [-0.05, 0) is 44.0 Å². The van der Waals surface area contributed by atoms with E-state index in [9.17, 15) is 4.79 Å². The molecule has 3 nitrogen and oxygen atoms in total. The summed E-state index contributed by atoms with van der Waals surface area (Å²) in [4.78, 5) is 12.0. The van der Waals surface area contributed by atoms with Crippen molar-refractivity contribution in [2.45, 2.75) is 33.2 Å². The average Bonchev–Trinajstić information content (AvgIpc) is 2.79. The van der Waals surface area contributed by atoms with Crippen molar-refractivity contribution in [3.05, 3.63) is 59.0 Å². The monoisotopic (exact) mass is 257 g/mol.